The Hall–Kier alpha value is -2.48. The summed E-state index contributed by atoms with van der Waals surface area (Å²) in [4.78, 5) is 19.7. The number of aryl methyl sites for hydroxylation is 2. The fourth-order valence-electron chi connectivity index (χ4n) is 4.69. The average Bonchev–Trinajstić information content (AvgIpc) is 3.17. The number of nitrogens with zero attached hydrogens (tertiary/aromatic N) is 3. The predicted octanol–water partition coefficient (Wildman–Crippen LogP) is 6.77. The number of carbonyl (C=O) groups is 1. The first-order chi connectivity index (χ1) is 17.1. The molecule has 0 bridgehead atoms. The SMILES string of the molecule is C=CCC(F)(F)c1cc(C)c2nc(Cc3c(Cl)ccc(C(=O)N4CCC(OC)CC4)c3Cl)c(C)n2c1. The van der Waals surface area contributed by atoms with Crippen LogP contribution in [0.5, 0.6) is 0 Å². The van der Waals surface area contributed by atoms with Crippen molar-refractivity contribution in [3.8, 4) is 0 Å². The molecule has 0 N–H and O–H groups in total. The molecule has 3 aromatic rings. The van der Waals surface area contributed by atoms with E-state index in [-0.39, 0.29) is 29.0 Å². The third kappa shape index (κ3) is 5.01. The number of rotatable bonds is 7. The van der Waals surface area contributed by atoms with Gasteiger partial charge >= 0.3 is 0 Å². The normalized spacial score (nSPS) is 15.0. The van der Waals surface area contributed by atoms with E-state index in [9.17, 15) is 13.6 Å². The molecule has 1 saturated heterocycles. The van der Waals surface area contributed by atoms with Gasteiger partial charge in [0, 0.05) is 55.5 Å². The number of pyridine rings is 1. The van der Waals surface area contributed by atoms with Gasteiger partial charge in [0.15, 0.2) is 0 Å². The van der Waals surface area contributed by atoms with Crippen molar-refractivity contribution in [2.45, 2.75) is 51.6 Å². The zero-order valence-corrected chi connectivity index (χ0v) is 22.1. The highest BCUT2D eigenvalue weighted by atomic mass is 35.5. The molecule has 1 amide bonds. The van der Waals surface area contributed by atoms with E-state index in [1.54, 1.807) is 35.5 Å². The zero-order chi connectivity index (χ0) is 26.2. The molecule has 1 aliphatic rings. The lowest BCUT2D eigenvalue weighted by Gasteiger charge is -2.31. The summed E-state index contributed by atoms with van der Waals surface area (Å²) < 4.78 is 36.2. The molecule has 0 radical (unpaired) electrons. The molecule has 4 rings (SSSR count). The molecule has 3 heterocycles. The molecule has 0 saturated carbocycles. The first-order valence-corrected chi connectivity index (χ1v) is 12.6. The number of imidazole rings is 1. The van der Waals surface area contributed by atoms with Gasteiger partial charge in [-0.2, -0.15) is 0 Å². The number of fused-ring (bicyclic) bond motifs is 1. The van der Waals surface area contributed by atoms with Crippen LogP contribution in [0.15, 0.2) is 37.1 Å². The second kappa shape index (κ2) is 10.5. The van der Waals surface area contributed by atoms with Crippen LogP contribution in [-0.4, -0.2) is 46.5 Å². The number of halogens is 4. The van der Waals surface area contributed by atoms with Crippen LogP contribution in [0, 0.1) is 13.8 Å². The Balaban J connectivity index is 1.67. The highest BCUT2D eigenvalue weighted by molar-refractivity contribution is 6.38. The van der Waals surface area contributed by atoms with Crippen LogP contribution in [0.25, 0.3) is 5.65 Å². The fraction of sp³-hybridized carbons (Fsp3) is 0.407. The Morgan fingerprint density at radius 1 is 1.28 bits per heavy atom. The number of amides is 1. The van der Waals surface area contributed by atoms with Crippen molar-refractivity contribution >= 4 is 34.8 Å². The predicted molar refractivity (Wildman–Crippen MR) is 139 cm³/mol. The number of piperidine rings is 1. The monoisotopic (exact) mass is 535 g/mol. The van der Waals surface area contributed by atoms with E-state index < -0.39 is 12.3 Å². The van der Waals surface area contributed by atoms with Gasteiger partial charge in [-0.1, -0.05) is 29.3 Å². The van der Waals surface area contributed by atoms with E-state index in [1.807, 2.05) is 6.92 Å². The van der Waals surface area contributed by atoms with E-state index in [0.29, 0.717) is 51.8 Å². The number of hydrogen-bond acceptors (Lipinski definition) is 3. The Morgan fingerprint density at radius 3 is 2.61 bits per heavy atom. The topological polar surface area (TPSA) is 46.8 Å². The Kier molecular flexibility index (Phi) is 7.74. The van der Waals surface area contributed by atoms with Crippen LogP contribution >= 0.6 is 23.2 Å². The molecule has 0 atom stereocenters. The van der Waals surface area contributed by atoms with Crippen molar-refractivity contribution in [1.29, 1.82) is 0 Å². The van der Waals surface area contributed by atoms with Gasteiger partial charge in [0.2, 0.25) is 0 Å². The van der Waals surface area contributed by atoms with Gasteiger partial charge in [0.05, 0.1) is 22.4 Å². The standard InChI is InChI=1S/C27H29Cl2F2N3O2/c1-5-10-27(30,31)18-13-16(2)25-32-23(17(3)34(25)15-18)14-21-22(28)7-6-20(24(21)29)26(35)33-11-8-19(36-4)9-12-33/h5-7,13,15,19H,1,8-12,14H2,2-4H3. The molecular weight excluding hydrogens is 507 g/mol. The minimum atomic E-state index is -3.03. The number of ether oxygens (including phenoxy) is 1. The Labute approximate surface area is 219 Å². The van der Waals surface area contributed by atoms with Gasteiger partial charge < -0.3 is 14.0 Å². The first-order valence-electron chi connectivity index (χ1n) is 11.8. The van der Waals surface area contributed by atoms with E-state index in [2.05, 4.69) is 6.58 Å². The number of methoxy groups -OCH3 is 1. The van der Waals surface area contributed by atoms with Gasteiger partial charge in [-0.3, -0.25) is 4.79 Å². The quantitative estimate of drug-likeness (QED) is 0.313. The maximum absolute atomic E-state index is 14.6. The van der Waals surface area contributed by atoms with Crippen molar-refractivity contribution in [2.24, 2.45) is 0 Å². The van der Waals surface area contributed by atoms with E-state index in [4.69, 9.17) is 32.9 Å². The van der Waals surface area contributed by atoms with Gasteiger partial charge in [-0.05, 0) is 56.0 Å². The van der Waals surface area contributed by atoms with Gasteiger partial charge in [-0.25, -0.2) is 13.8 Å². The maximum atomic E-state index is 14.6. The van der Waals surface area contributed by atoms with Gasteiger partial charge in [0.1, 0.15) is 5.65 Å². The summed E-state index contributed by atoms with van der Waals surface area (Å²) in [6, 6.07) is 4.77. The number of carbonyl (C=O) groups excluding carboxylic acids is 1. The van der Waals surface area contributed by atoms with Crippen LogP contribution in [0.3, 0.4) is 0 Å². The summed E-state index contributed by atoms with van der Waals surface area (Å²) in [5.74, 6) is -3.18. The maximum Gasteiger partial charge on any atom is 0.278 e. The highest BCUT2D eigenvalue weighted by Crippen LogP contribution is 2.35. The smallest absolute Gasteiger partial charge is 0.278 e. The lowest BCUT2D eigenvalue weighted by Crippen LogP contribution is -2.40. The van der Waals surface area contributed by atoms with Crippen molar-refractivity contribution in [1.82, 2.24) is 14.3 Å². The number of likely N-dealkylation sites (tertiary alicyclic amines) is 1. The van der Waals surface area contributed by atoms with Crippen LogP contribution < -0.4 is 0 Å². The fourth-order valence-corrected chi connectivity index (χ4v) is 5.28. The number of alkyl halides is 2. The van der Waals surface area contributed by atoms with Crippen molar-refractivity contribution in [2.75, 3.05) is 20.2 Å². The molecule has 0 aliphatic carbocycles. The molecule has 5 nitrogen and oxygen atoms in total. The second-order valence-electron chi connectivity index (χ2n) is 9.24. The first kappa shape index (κ1) is 26.6. The highest BCUT2D eigenvalue weighted by Gasteiger charge is 2.31. The van der Waals surface area contributed by atoms with Crippen molar-refractivity contribution in [3.05, 3.63) is 80.7 Å². The third-order valence-electron chi connectivity index (χ3n) is 6.89. The molecule has 0 unspecified atom stereocenters. The Bertz CT molecular complexity index is 1310. The van der Waals surface area contributed by atoms with Crippen molar-refractivity contribution in [3.63, 3.8) is 0 Å². The van der Waals surface area contributed by atoms with E-state index in [0.717, 1.165) is 12.8 Å². The minimum Gasteiger partial charge on any atom is -0.381 e. The summed E-state index contributed by atoms with van der Waals surface area (Å²) in [5.41, 5.74) is 3.44. The number of hydrogen-bond donors (Lipinski definition) is 0. The third-order valence-corrected chi connectivity index (χ3v) is 7.67. The van der Waals surface area contributed by atoms with Crippen molar-refractivity contribution < 1.29 is 18.3 Å². The van der Waals surface area contributed by atoms with Crippen LogP contribution in [-0.2, 0) is 17.1 Å². The molecule has 1 aliphatic heterocycles. The molecule has 192 valence electrons. The molecular formula is C27H29Cl2F2N3O2. The van der Waals surface area contributed by atoms with Crippen LogP contribution in [0.1, 0.15) is 57.7 Å². The Morgan fingerprint density at radius 2 is 1.97 bits per heavy atom. The minimum absolute atomic E-state index is 0.0969. The number of allylic oxidation sites excluding steroid dienone is 1. The molecule has 2 aromatic heterocycles. The summed E-state index contributed by atoms with van der Waals surface area (Å²) >= 11 is 13.2. The molecule has 9 heteroatoms. The largest absolute Gasteiger partial charge is 0.381 e. The molecule has 1 aromatic carbocycles. The summed E-state index contributed by atoms with van der Waals surface area (Å²) in [7, 11) is 1.68. The lowest BCUT2D eigenvalue weighted by atomic mass is 10.0. The van der Waals surface area contributed by atoms with Crippen LogP contribution in [0.4, 0.5) is 8.78 Å². The summed E-state index contributed by atoms with van der Waals surface area (Å²) in [5, 5.41) is 0.703. The molecule has 36 heavy (non-hydrogen) atoms. The zero-order valence-electron chi connectivity index (χ0n) is 20.6. The van der Waals surface area contributed by atoms with Crippen LogP contribution in [0.2, 0.25) is 10.0 Å². The number of benzene rings is 1. The van der Waals surface area contributed by atoms with E-state index in [1.165, 1.54) is 18.3 Å². The molecule has 0 spiro atoms. The van der Waals surface area contributed by atoms with Gasteiger partial charge in [-0.15, -0.1) is 6.58 Å². The lowest BCUT2D eigenvalue weighted by molar-refractivity contribution is -0.00133. The van der Waals surface area contributed by atoms with Gasteiger partial charge in [0.25, 0.3) is 11.8 Å². The summed E-state index contributed by atoms with van der Waals surface area (Å²) in [6.45, 7) is 8.20. The second-order valence-corrected chi connectivity index (χ2v) is 10.0. The molecule has 1 fully saturated rings. The van der Waals surface area contributed by atoms with E-state index >= 15 is 0 Å². The summed E-state index contributed by atoms with van der Waals surface area (Å²) in [6.07, 6.45) is 4.14. The average molecular weight is 536 g/mol. The number of aromatic nitrogens is 2.